The zero-order chi connectivity index (χ0) is 14.4. The van der Waals surface area contributed by atoms with E-state index in [-0.39, 0.29) is 0 Å². The number of aromatic nitrogens is 3. The van der Waals surface area contributed by atoms with Crippen molar-refractivity contribution in [1.29, 1.82) is 0 Å². The highest BCUT2D eigenvalue weighted by atomic mass is 32.1. The van der Waals surface area contributed by atoms with Crippen molar-refractivity contribution < 1.29 is 4.52 Å². The normalized spacial score (nSPS) is 13.8. The average molecular weight is 300 g/mol. The molecule has 0 unspecified atom stereocenters. The third-order valence-corrected chi connectivity index (χ3v) is 5.12. The standard InChI is InChI=1S/C15H16N4OS/c1-9-6-10(18-20-9)7-19(2)14-13-11-4-3-5-12(11)21-15(13)17-8-16-14/h6,8H,3-5,7H2,1-2H3. The first-order valence-corrected chi connectivity index (χ1v) is 7.92. The molecule has 0 spiro atoms. The molecule has 0 radical (unpaired) electrons. The Kier molecular flexibility index (Phi) is 2.92. The Labute approximate surface area is 126 Å². The molecular weight excluding hydrogens is 284 g/mol. The molecule has 3 aromatic heterocycles. The number of fused-ring (bicyclic) bond motifs is 3. The van der Waals surface area contributed by atoms with Crippen LogP contribution in [0.3, 0.4) is 0 Å². The van der Waals surface area contributed by atoms with Gasteiger partial charge in [-0.15, -0.1) is 11.3 Å². The first kappa shape index (κ1) is 12.8. The van der Waals surface area contributed by atoms with Crippen molar-refractivity contribution in [1.82, 2.24) is 15.1 Å². The fourth-order valence-corrected chi connectivity index (χ4v) is 4.24. The number of thiophene rings is 1. The van der Waals surface area contributed by atoms with Crippen molar-refractivity contribution in [3.05, 3.63) is 34.3 Å². The maximum Gasteiger partial charge on any atom is 0.141 e. The third-order valence-electron chi connectivity index (χ3n) is 3.92. The smallest absolute Gasteiger partial charge is 0.141 e. The van der Waals surface area contributed by atoms with E-state index in [9.17, 15) is 0 Å². The number of hydrogen-bond donors (Lipinski definition) is 0. The molecule has 3 heterocycles. The van der Waals surface area contributed by atoms with Crippen LogP contribution in [-0.4, -0.2) is 22.2 Å². The van der Waals surface area contributed by atoms with Gasteiger partial charge in [-0.25, -0.2) is 9.97 Å². The highest BCUT2D eigenvalue weighted by Gasteiger charge is 2.22. The Balaban J connectivity index is 1.75. The molecule has 5 nitrogen and oxygen atoms in total. The summed E-state index contributed by atoms with van der Waals surface area (Å²) >= 11 is 1.82. The summed E-state index contributed by atoms with van der Waals surface area (Å²) in [6, 6.07) is 1.97. The summed E-state index contributed by atoms with van der Waals surface area (Å²) in [4.78, 5) is 13.7. The van der Waals surface area contributed by atoms with E-state index in [2.05, 4.69) is 20.0 Å². The SMILES string of the molecule is Cc1cc(CN(C)c2ncnc3sc4c(c23)CCC4)no1. The van der Waals surface area contributed by atoms with Gasteiger partial charge >= 0.3 is 0 Å². The van der Waals surface area contributed by atoms with E-state index in [0.717, 1.165) is 28.5 Å². The Morgan fingerprint density at radius 3 is 3.05 bits per heavy atom. The highest BCUT2D eigenvalue weighted by molar-refractivity contribution is 7.19. The summed E-state index contributed by atoms with van der Waals surface area (Å²) in [5, 5.41) is 5.30. The van der Waals surface area contributed by atoms with Gasteiger partial charge in [0.25, 0.3) is 0 Å². The van der Waals surface area contributed by atoms with Gasteiger partial charge in [0.2, 0.25) is 0 Å². The highest BCUT2D eigenvalue weighted by Crippen LogP contribution is 2.40. The second kappa shape index (κ2) is 4.80. The first-order valence-electron chi connectivity index (χ1n) is 7.11. The predicted octanol–water partition coefficient (Wildman–Crippen LogP) is 3.11. The Morgan fingerprint density at radius 1 is 1.33 bits per heavy atom. The molecule has 0 aliphatic heterocycles. The van der Waals surface area contributed by atoms with Gasteiger partial charge < -0.3 is 9.42 Å². The van der Waals surface area contributed by atoms with Crippen LogP contribution in [0.5, 0.6) is 0 Å². The van der Waals surface area contributed by atoms with Crippen molar-refractivity contribution >= 4 is 27.4 Å². The molecule has 0 aromatic carbocycles. The van der Waals surface area contributed by atoms with Crippen LogP contribution in [-0.2, 0) is 19.4 Å². The molecular formula is C15H16N4OS. The number of aryl methyl sites for hydroxylation is 3. The molecule has 1 aliphatic rings. The molecule has 0 atom stereocenters. The summed E-state index contributed by atoms with van der Waals surface area (Å²) in [6.45, 7) is 2.60. The van der Waals surface area contributed by atoms with Gasteiger partial charge in [-0.05, 0) is 31.7 Å². The molecule has 0 saturated carbocycles. The lowest BCUT2D eigenvalue weighted by molar-refractivity contribution is 0.390. The fraction of sp³-hybridized carbons (Fsp3) is 0.400. The van der Waals surface area contributed by atoms with Crippen molar-refractivity contribution in [2.24, 2.45) is 0 Å². The van der Waals surface area contributed by atoms with Crippen LogP contribution in [0.15, 0.2) is 16.9 Å². The van der Waals surface area contributed by atoms with Crippen LogP contribution in [0.25, 0.3) is 10.2 Å². The molecule has 108 valence electrons. The average Bonchev–Trinajstić information content (AvgIpc) is 3.13. The minimum absolute atomic E-state index is 0.689. The summed E-state index contributed by atoms with van der Waals surface area (Å²) in [6.07, 6.45) is 5.24. The second-order valence-electron chi connectivity index (χ2n) is 5.52. The zero-order valence-electron chi connectivity index (χ0n) is 12.1. The molecule has 3 aromatic rings. The molecule has 0 bridgehead atoms. The lowest BCUT2D eigenvalue weighted by Gasteiger charge is -2.17. The van der Waals surface area contributed by atoms with E-state index in [4.69, 9.17) is 4.52 Å². The molecule has 4 rings (SSSR count). The summed E-state index contributed by atoms with van der Waals surface area (Å²) in [5.41, 5.74) is 2.38. The van der Waals surface area contributed by atoms with Gasteiger partial charge in [-0.1, -0.05) is 5.16 Å². The van der Waals surface area contributed by atoms with Gasteiger partial charge in [-0.2, -0.15) is 0 Å². The zero-order valence-corrected chi connectivity index (χ0v) is 12.9. The van der Waals surface area contributed by atoms with Crippen LogP contribution >= 0.6 is 11.3 Å². The van der Waals surface area contributed by atoms with E-state index in [0.29, 0.717) is 6.54 Å². The topological polar surface area (TPSA) is 55.1 Å². The number of anilines is 1. The monoisotopic (exact) mass is 300 g/mol. The molecule has 0 N–H and O–H groups in total. The van der Waals surface area contributed by atoms with Crippen LogP contribution in [0.4, 0.5) is 5.82 Å². The van der Waals surface area contributed by atoms with Gasteiger partial charge in [0, 0.05) is 18.0 Å². The fourth-order valence-electron chi connectivity index (χ4n) is 3.01. The van der Waals surface area contributed by atoms with Crippen molar-refractivity contribution in [2.75, 3.05) is 11.9 Å². The van der Waals surface area contributed by atoms with Crippen molar-refractivity contribution in [3.63, 3.8) is 0 Å². The number of nitrogens with zero attached hydrogens (tertiary/aromatic N) is 4. The first-order chi connectivity index (χ1) is 10.2. The molecule has 0 saturated heterocycles. The number of hydrogen-bond acceptors (Lipinski definition) is 6. The largest absolute Gasteiger partial charge is 0.361 e. The van der Waals surface area contributed by atoms with Gasteiger partial charge in [-0.3, -0.25) is 0 Å². The van der Waals surface area contributed by atoms with Crippen molar-refractivity contribution in [2.45, 2.75) is 32.7 Å². The maximum atomic E-state index is 5.14. The molecule has 0 fully saturated rings. The maximum absolute atomic E-state index is 5.14. The van der Waals surface area contributed by atoms with E-state index >= 15 is 0 Å². The second-order valence-corrected chi connectivity index (χ2v) is 6.60. The molecule has 1 aliphatic carbocycles. The van der Waals surface area contributed by atoms with Crippen molar-refractivity contribution in [3.8, 4) is 0 Å². The van der Waals surface area contributed by atoms with E-state index in [1.165, 1.54) is 28.7 Å². The predicted molar refractivity (Wildman–Crippen MR) is 82.8 cm³/mol. The van der Waals surface area contributed by atoms with Gasteiger partial charge in [0.05, 0.1) is 11.9 Å². The van der Waals surface area contributed by atoms with Crippen LogP contribution < -0.4 is 4.90 Å². The quantitative estimate of drug-likeness (QED) is 0.744. The molecule has 6 heteroatoms. The van der Waals surface area contributed by atoms with Gasteiger partial charge in [0.1, 0.15) is 28.4 Å². The van der Waals surface area contributed by atoms with E-state index in [1.54, 1.807) is 6.33 Å². The van der Waals surface area contributed by atoms with E-state index < -0.39 is 0 Å². The minimum Gasteiger partial charge on any atom is -0.361 e. The van der Waals surface area contributed by atoms with Crippen LogP contribution in [0, 0.1) is 6.92 Å². The Bertz CT molecular complexity index is 807. The molecule has 0 amide bonds. The summed E-state index contributed by atoms with van der Waals surface area (Å²) < 4.78 is 5.14. The summed E-state index contributed by atoms with van der Waals surface area (Å²) in [5.74, 6) is 1.84. The lowest BCUT2D eigenvalue weighted by Crippen LogP contribution is -2.18. The molecule has 21 heavy (non-hydrogen) atoms. The van der Waals surface area contributed by atoms with E-state index in [1.807, 2.05) is 31.4 Å². The Hall–Kier alpha value is -1.95. The lowest BCUT2D eigenvalue weighted by atomic mass is 10.2. The minimum atomic E-state index is 0.689. The van der Waals surface area contributed by atoms with Crippen LogP contribution in [0.2, 0.25) is 0 Å². The number of rotatable bonds is 3. The Morgan fingerprint density at radius 2 is 2.24 bits per heavy atom. The van der Waals surface area contributed by atoms with Gasteiger partial charge in [0.15, 0.2) is 0 Å². The summed E-state index contributed by atoms with van der Waals surface area (Å²) in [7, 11) is 2.05. The third kappa shape index (κ3) is 2.10. The van der Waals surface area contributed by atoms with Crippen LogP contribution in [0.1, 0.15) is 28.3 Å².